The highest BCUT2D eigenvalue weighted by Crippen LogP contribution is 2.60. The van der Waals surface area contributed by atoms with Gasteiger partial charge in [0.15, 0.2) is 0 Å². The van der Waals surface area contributed by atoms with E-state index in [0.29, 0.717) is 47.8 Å². The van der Waals surface area contributed by atoms with Crippen molar-refractivity contribution in [1.82, 2.24) is 19.6 Å². The molecule has 3 amide bonds. The second-order valence-corrected chi connectivity index (χ2v) is 13.4. The minimum Gasteiger partial charge on any atom is -0.370 e. The van der Waals surface area contributed by atoms with Gasteiger partial charge < -0.3 is 15.1 Å². The lowest BCUT2D eigenvalue weighted by molar-refractivity contribution is -0.189. The van der Waals surface area contributed by atoms with E-state index >= 15 is 0 Å². The molecular weight excluding hydrogens is 579 g/mol. The van der Waals surface area contributed by atoms with Crippen LogP contribution in [0, 0.1) is 11.3 Å². The predicted molar refractivity (Wildman–Crippen MR) is 162 cm³/mol. The molecule has 1 saturated carbocycles. The van der Waals surface area contributed by atoms with E-state index in [1.807, 2.05) is 18.2 Å². The predicted octanol–water partition coefficient (Wildman–Crippen LogP) is 6.34. The van der Waals surface area contributed by atoms with Crippen molar-refractivity contribution in [1.29, 1.82) is 0 Å². The van der Waals surface area contributed by atoms with Gasteiger partial charge >= 0.3 is 12.2 Å². The van der Waals surface area contributed by atoms with Gasteiger partial charge in [0, 0.05) is 50.2 Å². The highest BCUT2D eigenvalue weighted by atomic mass is 32.2. The van der Waals surface area contributed by atoms with Gasteiger partial charge in [-0.25, -0.2) is 14.8 Å². The SMILES string of the molecule is CCCNc1cccc(SNC(=O)c2ccc(N3CCN(CCC4(C(F)(F)F)CC4)C3=O)nc2N2CC(C)CC2(C)C)n1. The summed E-state index contributed by atoms with van der Waals surface area (Å²) < 4.78 is 43.2. The van der Waals surface area contributed by atoms with Crippen molar-refractivity contribution in [2.75, 3.05) is 47.8 Å². The van der Waals surface area contributed by atoms with Crippen molar-refractivity contribution < 1.29 is 22.8 Å². The monoisotopic (exact) mass is 619 g/mol. The van der Waals surface area contributed by atoms with E-state index in [2.05, 4.69) is 47.6 Å². The normalized spacial score (nSPS) is 21.0. The van der Waals surface area contributed by atoms with Crippen LogP contribution < -0.4 is 19.8 Å². The Labute approximate surface area is 255 Å². The van der Waals surface area contributed by atoms with Gasteiger partial charge in [-0.2, -0.15) is 13.2 Å². The summed E-state index contributed by atoms with van der Waals surface area (Å²) in [6.07, 6.45) is -2.21. The van der Waals surface area contributed by atoms with Crippen LogP contribution in [0.2, 0.25) is 0 Å². The number of aromatic nitrogens is 2. The molecule has 2 saturated heterocycles. The molecule has 1 atom stereocenters. The number of rotatable bonds is 11. The number of halogens is 3. The average Bonchev–Trinajstić information content (AvgIpc) is 3.60. The standard InChI is InChI=1S/C30H40F3N7O2S/c1-5-14-34-22-7-6-8-24(35-22)43-37-26(41)21-9-10-23(36-25(21)40-19-20(2)18-28(40,3)4)39-17-16-38(27(39)42)15-13-29(11-12-29)30(31,32)33/h6-10,20H,5,11-19H2,1-4H3,(H,34,35)(H,37,41). The molecule has 1 unspecified atom stereocenters. The summed E-state index contributed by atoms with van der Waals surface area (Å²) in [6, 6.07) is 8.53. The van der Waals surface area contributed by atoms with Crippen LogP contribution in [0.1, 0.15) is 70.2 Å². The molecule has 3 fully saturated rings. The van der Waals surface area contributed by atoms with E-state index in [1.165, 1.54) is 9.80 Å². The molecule has 43 heavy (non-hydrogen) atoms. The second kappa shape index (κ2) is 12.0. The van der Waals surface area contributed by atoms with Gasteiger partial charge in [0.2, 0.25) is 0 Å². The fourth-order valence-corrected chi connectivity index (χ4v) is 6.68. The van der Waals surface area contributed by atoms with Crippen LogP contribution in [0.15, 0.2) is 35.4 Å². The van der Waals surface area contributed by atoms with Crippen LogP contribution in [0.4, 0.5) is 35.4 Å². The largest absolute Gasteiger partial charge is 0.394 e. The molecule has 2 aromatic heterocycles. The molecule has 2 N–H and O–H groups in total. The molecule has 0 radical (unpaired) electrons. The number of anilines is 3. The molecule has 4 heterocycles. The third-order valence-corrected chi connectivity index (χ3v) is 9.37. The van der Waals surface area contributed by atoms with Crippen LogP contribution in [0.5, 0.6) is 0 Å². The van der Waals surface area contributed by atoms with Crippen LogP contribution >= 0.6 is 11.9 Å². The first-order valence-corrected chi connectivity index (χ1v) is 15.8. The maximum absolute atomic E-state index is 13.5. The van der Waals surface area contributed by atoms with Gasteiger partial charge in [-0.1, -0.05) is 19.9 Å². The molecule has 0 aromatic carbocycles. The molecule has 2 aliphatic heterocycles. The number of nitrogens with zero attached hydrogens (tertiary/aromatic N) is 5. The summed E-state index contributed by atoms with van der Waals surface area (Å²) in [6.45, 7) is 10.6. The van der Waals surface area contributed by atoms with E-state index < -0.39 is 11.6 Å². The fraction of sp³-hybridized carbons (Fsp3) is 0.600. The van der Waals surface area contributed by atoms with Gasteiger partial charge in [-0.15, -0.1) is 0 Å². The van der Waals surface area contributed by atoms with E-state index in [9.17, 15) is 22.8 Å². The number of hydrogen-bond acceptors (Lipinski definition) is 7. The van der Waals surface area contributed by atoms with E-state index in [-0.39, 0.29) is 43.3 Å². The van der Waals surface area contributed by atoms with Crippen LogP contribution in [0.3, 0.4) is 0 Å². The number of carbonyl (C=O) groups excluding carboxylic acids is 2. The van der Waals surface area contributed by atoms with Crippen molar-refractivity contribution in [3.05, 3.63) is 35.9 Å². The summed E-state index contributed by atoms with van der Waals surface area (Å²) in [7, 11) is 0. The Morgan fingerprint density at radius 3 is 2.56 bits per heavy atom. The quantitative estimate of drug-likeness (QED) is 0.284. The minimum absolute atomic E-state index is 0.0548. The van der Waals surface area contributed by atoms with E-state index in [4.69, 9.17) is 4.98 Å². The zero-order valence-corrected chi connectivity index (χ0v) is 25.9. The lowest BCUT2D eigenvalue weighted by Gasteiger charge is -2.34. The molecule has 0 spiro atoms. The van der Waals surface area contributed by atoms with Gasteiger partial charge in [0.1, 0.15) is 22.5 Å². The second-order valence-electron chi connectivity index (χ2n) is 12.5. The van der Waals surface area contributed by atoms with Gasteiger partial charge in [-0.05, 0) is 76.1 Å². The van der Waals surface area contributed by atoms with Crippen LogP contribution in [0.25, 0.3) is 0 Å². The fourth-order valence-electron chi connectivity index (χ4n) is 6.09. The number of urea groups is 1. The molecule has 9 nitrogen and oxygen atoms in total. The lowest BCUT2D eigenvalue weighted by atomic mass is 9.97. The zero-order valence-electron chi connectivity index (χ0n) is 25.1. The molecular formula is C30H40F3N7O2S. The average molecular weight is 620 g/mol. The Morgan fingerprint density at radius 1 is 1.14 bits per heavy atom. The van der Waals surface area contributed by atoms with Crippen LogP contribution in [-0.2, 0) is 0 Å². The van der Waals surface area contributed by atoms with E-state index in [1.54, 1.807) is 12.1 Å². The first kappa shape index (κ1) is 31.2. The Kier molecular flexibility index (Phi) is 8.75. The van der Waals surface area contributed by atoms with Crippen molar-refractivity contribution in [3.63, 3.8) is 0 Å². The minimum atomic E-state index is -4.24. The highest BCUT2D eigenvalue weighted by Gasteiger charge is 2.62. The summed E-state index contributed by atoms with van der Waals surface area (Å²) in [5.74, 6) is 1.64. The Bertz CT molecular complexity index is 1350. The van der Waals surface area contributed by atoms with Crippen molar-refractivity contribution in [2.24, 2.45) is 11.3 Å². The highest BCUT2D eigenvalue weighted by molar-refractivity contribution is 7.97. The molecule has 1 aliphatic carbocycles. The molecule has 0 bridgehead atoms. The van der Waals surface area contributed by atoms with Gasteiger partial charge in [0.25, 0.3) is 5.91 Å². The number of hydrogen-bond donors (Lipinski definition) is 2. The maximum Gasteiger partial charge on any atom is 0.394 e. The third kappa shape index (κ3) is 6.66. The summed E-state index contributed by atoms with van der Waals surface area (Å²) in [4.78, 5) is 41.3. The smallest absolute Gasteiger partial charge is 0.370 e. The first-order valence-electron chi connectivity index (χ1n) is 14.9. The number of pyridine rings is 2. The number of alkyl halides is 3. The van der Waals surface area contributed by atoms with E-state index in [0.717, 1.165) is 37.2 Å². The number of carbonyl (C=O) groups is 2. The number of nitrogens with one attached hydrogen (secondary N) is 2. The lowest BCUT2D eigenvalue weighted by Crippen LogP contribution is -2.41. The van der Waals surface area contributed by atoms with Crippen molar-refractivity contribution in [3.8, 4) is 0 Å². The molecule has 234 valence electrons. The summed E-state index contributed by atoms with van der Waals surface area (Å²) in [5.41, 5.74) is -1.55. The topological polar surface area (TPSA) is 93.7 Å². The molecule has 5 rings (SSSR count). The van der Waals surface area contributed by atoms with Crippen LogP contribution in [-0.4, -0.2) is 71.2 Å². The molecule has 3 aliphatic rings. The van der Waals surface area contributed by atoms with Crippen molar-refractivity contribution in [2.45, 2.75) is 76.5 Å². The maximum atomic E-state index is 13.5. The van der Waals surface area contributed by atoms with Gasteiger partial charge in [-0.3, -0.25) is 14.4 Å². The van der Waals surface area contributed by atoms with Crippen molar-refractivity contribution >= 4 is 41.3 Å². The van der Waals surface area contributed by atoms with Gasteiger partial charge in [0.05, 0.1) is 11.0 Å². The number of amides is 3. The first-order chi connectivity index (χ1) is 20.3. The third-order valence-electron chi connectivity index (χ3n) is 8.65. The molecule has 2 aromatic rings. The molecule has 13 heteroatoms. The summed E-state index contributed by atoms with van der Waals surface area (Å²) in [5, 5.41) is 3.87. The zero-order chi connectivity index (χ0) is 31.0. The Morgan fingerprint density at radius 2 is 1.91 bits per heavy atom. The Hall–Kier alpha value is -3.22. The Balaban J connectivity index is 1.34. The summed E-state index contributed by atoms with van der Waals surface area (Å²) >= 11 is 1.12.